The molecule has 0 radical (unpaired) electrons. The minimum absolute atomic E-state index is 0.350. The van der Waals surface area contributed by atoms with Crippen LogP contribution in [-0.2, 0) is 12.8 Å². The Bertz CT molecular complexity index is 514. The van der Waals surface area contributed by atoms with Crippen molar-refractivity contribution in [1.29, 1.82) is 0 Å². The van der Waals surface area contributed by atoms with E-state index >= 15 is 0 Å². The Labute approximate surface area is 112 Å². The summed E-state index contributed by atoms with van der Waals surface area (Å²) in [5, 5.41) is 11.1. The minimum atomic E-state index is -0.350. The van der Waals surface area contributed by atoms with Gasteiger partial charge in [0.05, 0.1) is 16.8 Å². The highest BCUT2D eigenvalue weighted by molar-refractivity contribution is 7.11. The van der Waals surface area contributed by atoms with Crippen molar-refractivity contribution in [2.24, 2.45) is 0 Å². The summed E-state index contributed by atoms with van der Waals surface area (Å²) in [6.07, 6.45) is 0.990. The number of benzene rings is 1. The molecular formula is C15H19NOS. The highest BCUT2D eigenvalue weighted by Crippen LogP contribution is 2.19. The summed E-state index contributed by atoms with van der Waals surface area (Å²) in [5.74, 6) is 0. The molecule has 3 heteroatoms. The molecule has 0 aliphatic carbocycles. The molecule has 2 rings (SSSR count). The summed E-state index contributed by atoms with van der Waals surface area (Å²) in [4.78, 5) is 5.71. The third kappa shape index (κ3) is 3.40. The third-order valence-electron chi connectivity index (χ3n) is 3.04. The number of hydrogen-bond donors (Lipinski definition) is 1. The van der Waals surface area contributed by atoms with Gasteiger partial charge in [-0.25, -0.2) is 4.98 Å². The van der Waals surface area contributed by atoms with Crippen LogP contribution in [0.1, 0.15) is 26.7 Å². The largest absolute Gasteiger partial charge is 0.392 e. The van der Waals surface area contributed by atoms with Gasteiger partial charge in [0.15, 0.2) is 0 Å². The predicted molar refractivity (Wildman–Crippen MR) is 76.2 cm³/mol. The fourth-order valence-electron chi connectivity index (χ4n) is 2.01. The number of rotatable bonds is 4. The van der Waals surface area contributed by atoms with Gasteiger partial charge in [-0.15, -0.1) is 11.3 Å². The zero-order valence-corrected chi connectivity index (χ0v) is 11.9. The quantitative estimate of drug-likeness (QED) is 0.916. The first kappa shape index (κ1) is 13.2. The molecule has 0 aliphatic heterocycles. The van der Waals surface area contributed by atoms with Gasteiger partial charge >= 0.3 is 0 Å². The molecule has 18 heavy (non-hydrogen) atoms. The Morgan fingerprint density at radius 3 is 2.61 bits per heavy atom. The maximum Gasteiger partial charge on any atom is 0.0956 e. The first-order valence-electron chi connectivity index (χ1n) is 6.21. The minimum Gasteiger partial charge on any atom is -0.392 e. The number of aliphatic hydroxyl groups excluding tert-OH is 1. The Morgan fingerprint density at radius 1 is 1.22 bits per heavy atom. The number of aryl methyl sites for hydroxylation is 3. The van der Waals surface area contributed by atoms with Gasteiger partial charge in [0.1, 0.15) is 0 Å². The number of aliphatic hydroxyl groups is 1. The molecule has 96 valence electrons. The number of thiazole rings is 1. The van der Waals surface area contributed by atoms with E-state index in [0.717, 1.165) is 10.7 Å². The lowest BCUT2D eigenvalue weighted by atomic mass is 10.0. The standard InChI is InChI=1S/C15H19NOS/c1-10-5-4-6-13(7-10)8-14(17)9-15-16-11(2)12(3)18-15/h4-7,14,17H,8-9H2,1-3H3. The lowest BCUT2D eigenvalue weighted by Gasteiger charge is -2.09. The topological polar surface area (TPSA) is 33.1 Å². The average molecular weight is 261 g/mol. The van der Waals surface area contributed by atoms with E-state index in [4.69, 9.17) is 0 Å². The molecule has 2 aromatic rings. The normalized spacial score (nSPS) is 12.7. The van der Waals surface area contributed by atoms with Crippen LogP contribution in [0.5, 0.6) is 0 Å². The molecular weight excluding hydrogens is 242 g/mol. The Balaban J connectivity index is 1.98. The van der Waals surface area contributed by atoms with Crippen molar-refractivity contribution in [3.63, 3.8) is 0 Å². The maximum atomic E-state index is 10.1. The van der Waals surface area contributed by atoms with Crippen LogP contribution in [0, 0.1) is 20.8 Å². The van der Waals surface area contributed by atoms with E-state index in [0.29, 0.717) is 12.8 Å². The Hall–Kier alpha value is -1.19. The molecule has 0 amide bonds. The number of aromatic nitrogens is 1. The van der Waals surface area contributed by atoms with E-state index in [1.807, 2.05) is 13.0 Å². The van der Waals surface area contributed by atoms with Gasteiger partial charge < -0.3 is 5.11 Å². The zero-order chi connectivity index (χ0) is 13.1. The monoisotopic (exact) mass is 261 g/mol. The van der Waals surface area contributed by atoms with Crippen molar-refractivity contribution in [2.45, 2.75) is 39.7 Å². The van der Waals surface area contributed by atoms with Gasteiger partial charge in [0.25, 0.3) is 0 Å². The summed E-state index contributed by atoms with van der Waals surface area (Å²) in [6.45, 7) is 6.16. The second-order valence-electron chi connectivity index (χ2n) is 4.80. The van der Waals surface area contributed by atoms with Crippen LogP contribution in [0.3, 0.4) is 0 Å². The molecule has 1 heterocycles. The zero-order valence-electron chi connectivity index (χ0n) is 11.1. The molecule has 1 N–H and O–H groups in total. The van der Waals surface area contributed by atoms with E-state index in [9.17, 15) is 5.11 Å². The maximum absolute atomic E-state index is 10.1. The SMILES string of the molecule is Cc1cccc(CC(O)Cc2nc(C)c(C)s2)c1. The molecule has 0 fully saturated rings. The highest BCUT2D eigenvalue weighted by atomic mass is 32.1. The summed E-state index contributed by atoms with van der Waals surface area (Å²) in [6, 6.07) is 8.30. The van der Waals surface area contributed by atoms with Gasteiger partial charge in [0.2, 0.25) is 0 Å². The van der Waals surface area contributed by atoms with Crippen molar-refractivity contribution in [3.05, 3.63) is 51.0 Å². The summed E-state index contributed by atoms with van der Waals surface area (Å²) >= 11 is 1.69. The third-order valence-corrected chi connectivity index (χ3v) is 4.13. The van der Waals surface area contributed by atoms with E-state index in [2.05, 4.69) is 37.0 Å². The van der Waals surface area contributed by atoms with Crippen molar-refractivity contribution >= 4 is 11.3 Å². The summed E-state index contributed by atoms with van der Waals surface area (Å²) in [7, 11) is 0. The summed E-state index contributed by atoms with van der Waals surface area (Å²) in [5.41, 5.74) is 3.51. The molecule has 0 aliphatic rings. The van der Waals surface area contributed by atoms with Crippen molar-refractivity contribution in [3.8, 4) is 0 Å². The molecule has 1 aromatic carbocycles. The van der Waals surface area contributed by atoms with E-state index < -0.39 is 0 Å². The van der Waals surface area contributed by atoms with Crippen molar-refractivity contribution in [1.82, 2.24) is 4.98 Å². The number of hydrogen-bond acceptors (Lipinski definition) is 3. The lowest BCUT2D eigenvalue weighted by Crippen LogP contribution is -2.13. The van der Waals surface area contributed by atoms with Crippen molar-refractivity contribution in [2.75, 3.05) is 0 Å². The van der Waals surface area contributed by atoms with E-state index in [-0.39, 0.29) is 6.10 Å². The van der Waals surface area contributed by atoms with E-state index in [1.165, 1.54) is 16.0 Å². The second-order valence-corrected chi connectivity index (χ2v) is 6.09. The molecule has 1 atom stereocenters. The van der Waals surface area contributed by atoms with E-state index in [1.54, 1.807) is 11.3 Å². The second kappa shape index (κ2) is 5.63. The van der Waals surface area contributed by atoms with Crippen LogP contribution in [-0.4, -0.2) is 16.2 Å². The van der Waals surface area contributed by atoms with Crippen LogP contribution >= 0.6 is 11.3 Å². The highest BCUT2D eigenvalue weighted by Gasteiger charge is 2.11. The average Bonchev–Trinajstić information content (AvgIpc) is 2.57. The van der Waals surface area contributed by atoms with Crippen LogP contribution in [0.25, 0.3) is 0 Å². The van der Waals surface area contributed by atoms with Crippen LogP contribution in [0.15, 0.2) is 24.3 Å². The first-order chi connectivity index (χ1) is 8.54. The van der Waals surface area contributed by atoms with Gasteiger partial charge in [-0.2, -0.15) is 0 Å². The lowest BCUT2D eigenvalue weighted by molar-refractivity contribution is 0.175. The fraction of sp³-hybridized carbons (Fsp3) is 0.400. The van der Waals surface area contributed by atoms with Crippen molar-refractivity contribution < 1.29 is 5.11 Å². The van der Waals surface area contributed by atoms with Gasteiger partial charge in [-0.05, 0) is 32.8 Å². The predicted octanol–water partition coefficient (Wildman–Crippen LogP) is 3.21. The smallest absolute Gasteiger partial charge is 0.0956 e. The van der Waals surface area contributed by atoms with Crippen LogP contribution < -0.4 is 0 Å². The molecule has 1 aromatic heterocycles. The molecule has 1 unspecified atom stereocenters. The summed E-state index contributed by atoms with van der Waals surface area (Å²) < 4.78 is 0. The Kier molecular flexibility index (Phi) is 4.15. The van der Waals surface area contributed by atoms with Gasteiger partial charge in [0, 0.05) is 11.3 Å². The van der Waals surface area contributed by atoms with Gasteiger partial charge in [-0.1, -0.05) is 29.8 Å². The first-order valence-corrected chi connectivity index (χ1v) is 7.03. The number of nitrogens with zero attached hydrogens (tertiary/aromatic N) is 1. The molecule has 0 saturated carbocycles. The molecule has 0 saturated heterocycles. The molecule has 0 spiro atoms. The fourth-order valence-corrected chi connectivity index (χ4v) is 3.02. The van der Waals surface area contributed by atoms with Gasteiger partial charge in [-0.3, -0.25) is 0 Å². The Morgan fingerprint density at radius 2 is 2.00 bits per heavy atom. The van der Waals surface area contributed by atoms with Crippen LogP contribution in [0.2, 0.25) is 0 Å². The van der Waals surface area contributed by atoms with Crippen LogP contribution in [0.4, 0.5) is 0 Å². The molecule has 0 bridgehead atoms. The molecule has 2 nitrogen and oxygen atoms in total.